The highest BCUT2D eigenvalue weighted by atomic mass is 32.1. The molecule has 0 spiro atoms. The Kier molecular flexibility index (Phi) is 1.96. The van der Waals surface area contributed by atoms with Crippen molar-refractivity contribution in [3.05, 3.63) is 15.6 Å². The van der Waals surface area contributed by atoms with E-state index in [4.69, 9.17) is 0 Å². The minimum absolute atomic E-state index is 1.06. The third-order valence-electron chi connectivity index (χ3n) is 1.87. The number of fused-ring (bicyclic) bond motifs is 1. The average Bonchev–Trinajstić information content (AvgIpc) is 2.27. The van der Waals surface area contributed by atoms with Gasteiger partial charge in [0.05, 0.1) is 10.7 Å². The van der Waals surface area contributed by atoms with Gasteiger partial charge in [-0.05, 0) is 6.92 Å². The van der Waals surface area contributed by atoms with Crippen molar-refractivity contribution < 1.29 is 0 Å². The number of thiazole rings is 1. The van der Waals surface area contributed by atoms with E-state index in [0.717, 1.165) is 19.5 Å². The van der Waals surface area contributed by atoms with Crippen LogP contribution in [-0.2, 0) is 13.0 Å². The molecule has 0 aromatic carbocycles. The zero-order valence-electron chi connectivity index (χ0n) is 6.50. The van der Waals surface area contributed by atoms with Gasteiger partial charge in [0.2, 0.25) is 0 Å². The molecular formula is C7H11N2PS. The van der Waals surface area contributed by atoms with Crippen LogP contribution in [0.2, 0.25) is 0 Å². The molecule has 0 fully saturated rings. The van der Waals surface area contributed by atoms with E-state index in [1.165, 1.54) is 15.6 Å². The second-order valence-corrected chi connectivity index (χ2v) is 4.84. The zero-order valence-corrected chi connectivity index (χ0v) is 8.47. The van der Waals surface area contributed by atoms with Crippen LogP contribution < -0.4 is 0 Å². The van der Waals surface area contributed by atoms with Crippen molar-refractivity contribution >= 4 is 20.7 Å². The monoisotopic (exact) mass is 186 g/mol. The second kappa shape index (κ2) is 2.81. The summed E-state index contributed by atoms with van der Waals surface area (Å²) in [4.78, 5) is 5.92. The summed E-state index contributed by atoms with van der Waals surface area (Å²) in [7, 11) is 2.75. The van der Waals surface area contributed by atoms with Gasteiger partial charge in [0.1, 0.15) is 0 Å². The molecule has 0 bridgehead atoms. The van der Waals surface area contributed by atoms with Gasteiger partial charge < -0.3 is 0 Å². The minimum Gasteiger partial charge on any atom is -0.282 e. The summed E-state index contributed by atoms with van der Waals surface area (Å²) in [5, 5.41) is 1.20. The fourth-order valence-corrected chi connectivity index (χ4v) is 2.80. The third-order valence-corrected chi connectivity index (χ3v) is 3.31. The lowest BCUT2D eigenvalue weighted by atomic mass is 10.2. The lowest BCUT2D eigenvalue weighted by Crippen LogP contribution is -2.20. The van der Waals surface area contributed by atoms with Gasteiger partial charge in [-0.2, -0.15) is 0 Å². The molecule has 1 atom stereocenters. The van der Waals surface area contributed by atoms with Crippen LogP contribution in [0.1, 0.15) is 15.6 Å². The van der Waals surface area contributed by atoms with E-state index in [2.05, 4.69) is 26.0 Å². The molecule has 0 aliphatic carbocycles. The smallest absolute Gasteiger partial charge is 0.0900 e. The maximum atomic E-state index is 4.47. The molecule has 4 heteroatoms. The van der Waals surface area contributed by atoms with Crippen molar-refractivity contribution in [2.24, 2.45) is 0 Å². The van der Waals surface area contributed by atoms with Crippen molar-refractivity contribution in [1.82, 2.24) is 9.65 Å². The van der Waals surface area contributed by atoms with Gasteiger partial charge >= 0.3 is 0 Å². The molecule has 0 amide bonds. The van der Waals surface area contributed by atoms with Crippen molar-refractivity contribution in [2.75, 3.05) is 6.54 Å². The van der Waals surface area contributed by atoms with Crippen LogP contribution >= 0.6 is 20.7 Å². The number of hydrogen-bond donors (Lipinski definition) is 0. The van der Waals surface area contributed by atoms with E-state index in [-0.39, 0.29) is 0 Å². The topological polar surface area (TPSA) is 16.1 Å². The Morgan fingerprint density at radius 2 is 2.45 bits per heavy atom. The molecule has 0 saturated carbocycles. The van der Waals surface area contributed by atoms with E-state index in [1.54, 1.807) is 0 Å². The van der Waals surface area contributed by atoms with E-state index >= 15 is 0 Å². The summed E-state index contributed by atoms with van der Waals surface area (Å²) < 4.78 is 2.26. The SMILES string of the molecule is Cc1nc2c(s1)CN(P)CC2. The van der Waals surface area contributed by atoms with Gasteiger partial charge in [0, 0.05) is 24.4 Å². The molecule has 0 N–H and O–H groups in total. The molecule has 11 heavy (non-hydrogen) atoms. The van der Waals surface area contributed by atoms with Crippen molar-refractivity contribution in [3.8, 4) is 0 Å². The molecule has 60 valence electrons. The number of nitrogens with zero attached hydrogens (tertiary/aromatic N) is 2. The predicted octanol–water partition coefficient (Wildman–Crippen LogP) is 1.60. The molecule has 2 nitrogen and oxygen atoms in total. The molecule has 1 aliphatic heterocycles. The molecule has 2 heterocycles. The molecule has 0 saturated heterocycles. The summed E-state index contributed by atoms with van der Waals surface area (Å²) in [5.74, 6) is 0. The average molecular weight is 186 g/mol. The normalized spacial score (nSPS) is 18.4. The summed E-state index contributed by atoms with van der Waals surface area (Å²) in [6, 6.07) is 0. The lowest BCUT2D eigenvalue weighted by Gasteiger charge is -2.20. The Morgan fingerprint density at radius 3 is 3.27 bits per heavy atom. The maximum Gasteiger partial charge on any atom is 0.0900 e. The van der Waals surface area contributed by atoms with E-state index in [0.29, 0.717) is 0 Å². The first-order valence-corrected chi connectivity index (χ1v) is 5.04. The van der Waals surface area contributed by atoms with Gasteiger partial charge in [-0.15, -0.1) is 11.3 Å². The first kappa shape index (κ1) is 7.66. The van der Waals surface area contributed by atoms with E-state index in [9.17, 15) is 0 Å². The molecule has 2 rings (SSSR count). The van der Waals surface area contributed by atoms with E-state index in [1.807, 2.05) is 11.3 Å². The fourth-order valence-electron chi connectivity index (χ4n) is 1.34. The number of rotatable bonds is 0. The maximum absolute atomic E-state index is 4.47. The van der Waals surface area contributed by atoms with Gasteiger partial charge in [-0.3, -0.25) is 4.67 Å². The van der Waals surface area contributed by atoms with Crippen LogP contribution in [-0.4, -0.2) is 16.2 Å². The first-order chi connectivity index (χ1) is 5.25. The van der Waals surface area contributed by atoms with E-state index < -0.39 is 0 Å². The highest BCUT2D eigenvalue weighted by Crippen LogP contribution is 2.25. The Morgan fingerprint density at radius 1 is 1.64 bits per heavy atom. The van der Waals surface area contributed by atoms with Gasteiger partial charge in [0.25, 0.3) is 0 Å². The van der Waals surface area contributed by atoms with Gasteiger partial charge in [-0.1, -0.05) is 9.39 Å². The third kappa shape index (κ3) is 1.46. The lowest BCUT2D eigenvalue weighted by molar-refractivity contribution is 0.445. The quantitative estimate of drug-likeness (QED) is 0.572. The predicted molar refractivity (Wildman–Crippen MR) is 50.7 cm³/mol. The number of hydrogen-bond acceptors (Lipinski definition) is 3. The standard InChI is InChI=1S/C7H11N2PS/c1-5-8-6-2-3-9(10)4-7(6)11-5/h2-4,10H2,1H3. The Labute approximate surface area is 72.9 Å². The van der Waals surface area contributed by atoms with Crippen LogP contribution in [0.15, 0.2) is 0 Å². The Balaban J connectivity index is 2.34. The highest BCUT2D eigenvalue weighted by Gasteiger charge is 2.16. The zero-order chi connectivity index (χ0) is 7.84. The van der Waals surface area contributed by atoms with Crippen LogP contribution in [0.4, 0.5) is 0 Å². The second-order valence-electron chi connectivity index (χ2n) is 2.82. The molecule has 1 aliphatic rings. The van der Waals surface area contributed by atoms with Crippen LogP contribution in [0.5, 0.6) is 0 Å². The van der Waals surface area contributed by atoms with Gasteiger partial charge in [-0.25, -0.2) is 4.98 Å². The van der Waals surface area contributed by atoms with Gasteiger partial charge in [0.15, 0.2) is 0 Å². The Bertz CT molecular complexity index is 271. The van der Waals surface area contributed by atoms with Crippen LogP contribution in [0, 0.1) is 6.92 Å². The van der Waals surface area contributed by atoms with Crippen molar-refractivity contribution in [2.45, 2.75) is 19.9 Å². The van der Waals surface area contributed by atoms with Crippen LogP contribution in [0.25, 0.3) is 0 Å². The molecule has 1 aromatic heterocycles. The molecule has 1 aromatic rings. The van der Waals surface area contributed by atoms with Crippen molar-refractivity contribution in [3.63, 3.8) is 0 Å². The largest absolute Gasteiger partial charge is 0.282 e. The summed E-state index contributed by atoms with van der Waals surface area (Å²) in [6.07, 6.45) is 1.11. The fraction of sp³-hybridized carbons (Fsp3) is 0.571. The number of aromatic nitrogens is 1. The van der Waals surface area contributed by atoms with Crippen LogP contribution in [0.3, 0.4) is 0 Å². The summed E-state index contributed by atoms with van der Waals surface area (Å²) >= 11 is 1.83. The highest BCUT2D eigenvalue weighted by molar-refractivity contribution is 7.14. The Hall–Kier alpha value is 0.0200. The number of aryl methyl sites for hydroxylation is 1. The molecule has 1 unspecified atom stereocenters. The molecular weight excluding hydrogens is 175 g/mol. The minimum atomic E-state index is 1.06. The summed E-state index contributed by atoms with van der Waals surface area (Å²) in [6.45, 7) is 4.27. The molecule has 0 radical (unpaired) electrons. The first-order valence-electron chi connectivity index (χ1n) is 3.70. The van der Waals surface area contributed by atoms with Crippen molar-refractivity contribution in [1.29, 1.82) is 0 Å². The summed E-state index contributed by atoms with van der Waals surface area (Å²) in [5.41, 5.74) is 1.33.